The van der Waals surface area contributed by atoms with Crippen LogP contribution in [0.3, 0.4) is 0 Å². The molecule has 126 valence electrons. The van der Waals surface area contributed by atoms with E-state index in [2.05, 4.69) is 56.4 Å². The van der Waals surface area contributed by atoms with Crippen LogP contribution in [-0.4, -0.2) is 38.0 Å². The van der Waals surface area contributed by atoms with Crippen molar-refractivity contribution in [1.29, 1.82) is 0 Å². The number of aliphatic hydroxyl groups is 2. The molecule has 0 aromatic rings. The van der Waals surface area contributed by atoms with Gasteiger partial charge in [0.2, 0.25) is 0 Å². The molecule has 1 saturated carbocycles. The number of aliphatic hydroxyl groups excluding tert-OH is 1. The third-order valence-electron chi connectivity index (χ3n) is 4.91. The molecule has 2 fully saturated rings. The normalized spacial score (nSPS) is 32.0. The van der Waals surface area contributed by atoms with Crippen LogP contribution in [0.1, 0.15) is 52.9 Å². The Kier molecular flexibility index (Phi) is 6.52. The zero-order valence-electron chi connectivity index (χ0n) is 14.1. The van der Waals surface area contributed by atoms with E-state index in [1.807, 2.05) is 0 Å². The maximum atomic E-state index is 10.9. The molecule has 2 N–H and O–H groups in total. The van der Waals surface area contributed by atoms with Crippen LogP contribution < -0.4 is 0 Å². The van der Waals surface area contributed by atoms with Gasteiger partial charge in [-0.1, -0.05) is 23.3 Å². The lowest BCUT2D eigenvalue weighted by molar-refractivity contribution is -0.0743. The van der Waals surface area contributed by atoms with Gasteiger partial charge in [-0.15, -0.1) is 23.5 Å². The van der Waals surface area contributed by atoms with Gasteiger partial charge in [0.15, 0.2) is 0 Å². The van der Waals surface area contributed by atoms with Crippen molar-refractivity contribution in [2.75, 3.05) is 18.1 Å². The molecule has 0 aromatic heterocycles. The van der Waals surface area contributed by atoms with Crippen molar-refractivity contribution < 1.29 is 10.2 Å². The molecule has 0 unspecified atom stereocenters. The molecule has 1 aliphatic heterocycles. The molecule has 1 saturated heterocycles. The number of hydrogen-bond acceptors (Lipinski definition) is 4. The molecule has 0 amide bonds. The molecule has 2 rings (SSSR count). The van der Waals surface area contributed by atoms with Crippen LogP contribution in [0.5, 0.6) is 0 Å². The first-order valence-corrected chi connectivity index (χ1v) is 10.3. The molecule has 2 aliphatic rings. The first-order valence-electron chi connectivity index (χ1n) is 8.32. The molecule has 0 radical (unpaired) electrons. The van der Waals surface area contributed by atoms with Crippen molar-refractivity contribution in [3.8, 4) is 0 Å². The highest BCUT2D eigenvalue weighted by Crippen LogP contribution is 2.56. The van der Waals surface area contributed by atoms with E-state index in [-0.39, 0.29) is 16.6 Å². The highest BCUT2D eigenvalue weighted by atomic mass is 32.2. The maximum absolute atomic E-state index is 10.9. The van der Waals surface area contributed by atoms with Crippen molar-refractivity contribution in [2.24, 2.45) is 5.92 Å². The zero-order chi connectivity index (χ0) is 16.2. The van der Waals surface area contributed by atoms with Crippen LogP contribution in [0.2, 0.25) is 0 Å². The lowest BCUT2D eigenvalue weighted by Crippen LogP contribution is -2.50. The van der Waals surface area contributed by atoms with E-state index in [1.165, 1.54) is 29.1 Å². The van der Waals surface area contributed by atoms with Gasteiger partial charge in [-0.2, -0.15) is 0 Å². The van der Waals surface area contributed by atoms with Gasteiger partial charge in [0, 0.05) is 5.92 Å². The molecule has 1 heterocycles. The van der Waals surface area contributed by atoms with E-state index in [4.69, 9.17) is 0 Å². The summed E-state index contributed by atoms with van der Waals surface area (Å²) in [5, 5.41) is 20.7. The molecular weight excluding hydrogens is 312 g/mol. The van der Waals surface area contributed by atoms with Gasteiger partial charge in [-0.25, -0.2) is 0 Å². The van der Waals surface area contributed by atoms with E-state index >= 15 is 0 Å². The lowest BCUT2D eigenvalue weighted by atomic mass is 9.71. The summed E-state index contributed by atoms with van der Waals surface area (Å²) >= 11 is 4.16. The summed E-state index contributed by atoms with van der Waals surface area (Å²) < 4.78 is 0.260. The molecular formula is C18H30O2S2. The summed E-state index contributed by atoms with van der Waals surface area (Å²) in [6, 6.07) is 0. The van der Waals surface area contributed by atoms with Crippen molar-refractivity contribution >= 4 is 23.5 Å². The van der Waals surface area contributed by atoms with Crippen LogP contribution in [0.4, 0.5) is 0 Å². The molecule has 0 bridgehead atoms. The van der Waals surface area contributed by atoms with E-state index in [0.717, 1.165) is 19.3 Å². The Bertz CT molecular complexity index is 434. The predicted octanol–water partition coefficient (Wildman–Crippen LogP) is 4.38. The van der Waals surface area contributed by atoms with Gasteiger partial charge in [0.1, 0.15) is 0 Å². The Morgan fingerprint density at radius 3 is 2.41 bits per heavy atom. The molecule has 1 aliphatic carbocycles. The van der Waals surface area contributed by atoms with Gasteiger partial charge in [0.25, 0.3) is 0 Å². The highest BCUT2D eigenvalue weighted by molar-refractivity contribution is 8.18. The topological polar surface area (TPSA) is 40.5 Å². The smallest absolute Gasteiger partial charge is 0.0943 e. The number of rotatable bonds is 4. The summed E-state index contributed by atoms with van der Waals surface area (Å²) in [6.07, 6.45) is 9.36. The monoisotopic (exact) mass is 342 g/mol. The Morgan fingerprint density at radius 1 is 1.14 bits per heavy atom. The van der Waals surface area contributed by atoms with Crippen molar-refractivity contribution in [3.63, 3.8) is 0 Å². The Morgan fingerprint density at radius 2 is 1.82 bits per heavy atom. The second-order valence-electron chi connectivity index (χ2n) is 6.94. The lowest BCUT2D eigenvalue weighted by Gasteiger charge is -2.49. The van der Waals surface area contributed by atoms with E-state index in [1.54, 1.807) is 0 Å². The fraction of sp³-hybridized carbons (Fsp3) is 0.778. The Balaban J connectivity index is 2.16. The largest absolute Gasteiger partial charge is 0.393 e. The molecule has 2 atom stereocenters. The SMILES string of the molecule is CC(C)=CCC=C(C)[C@H]1CC2(CC[C@]1(O)CO)SCCCS2. The fourth-order valence-corrected chi connectivity index (χ4v) is 6.86. The number of hydrogen-bond donors (Lipinski definition) is 2. The molecule has 0 aromatic carbocycles. The summed E-state index contributed by atoms with van der Waals surface area (Å²) in [6.45, 7) is 6.22. The van der Waals surface area contributed by atoms with E-state index in [9.17, 15) is 10.2 Å². The quantitative estimate of drug-likeness (QED) is 0.744. The van der Waals surface area contributed by atoms with Crippen molar-refractivity contribution in [3.05, 3.63) is 23.3 Å². The van der Waals surface area contributed by atoms with Gasteiger partial charge in [-0.3, -0.25) is 0 Å². The summed E-state index contributed by atoms with van der Waals surface area (Å²) in [5.74, 6) is 2.55. The number of allylic oxidation sites excluding steroid dienone is 3. The van der Waals surface area contributed by atoms with Crippen LogP contribution in [0, 0.1) is 5.92 Å². The minimum absolute atomic E-state index is 0.0786. The molecule has 22 heavy (non-hydrogen) atoms. The van der Waals surface area contributed by atoms with Crippen LogP contribution in [0.15, 0.2) is 23.3 Å². The zero-order valence-corrected chi connectivity index (χ0v) is 15.7. The average molecular weight is 343 g/mol. The Hall–Kier alpha value is 0.1000. The highest BCUT2D eigenvalue weighted by Gasteiger charge is 2.49. The molecule has 4 heteroatoms. The van der Waals surface area contributed by atoms with Crippen molar-refractivity contribution in [2.45, 2.75) is 62.6 Å². The summed E-state index contributed by atoms with van der Waals surface area (Å²) in [4.78, 5) is 0. The Labute approximate surface area is 143 Å². The third-order valence-corrected chi connectivity index (χ3v) is 8.40. The standard InChI is InChI=1S/C18H30O2S2/c1-14(2)6-4-7-15(3)16-12-18(21-10-5-11-22-18)9-8-17(16,20)13-19/h6-7,16,19-20H,4-5,8-13H2,1-3H3/t16-,17+/m1/s1. The fourth-order valence-electron chi connectivity index (χ4n) is 3.46. The minimum atomic E-state index is -0.935. The first-order chi connectivity index (χ1) is 10.4. The second-order valence-corrected chi connectivity index (χ2v) is 10.2. The predicted molar refractivity (Wildman–Crippen MR) is 99.4 cm³/mol. The van der Waals surface area contributed by atoms with Crippen LogP contribution in [-0.2, 0) is 0 Å². The van der Waals surface area contributed by atoms with Gasteiger partial charge in [-0.05, 0) is 64.4 Å². The summed E-state index contributed by atoms with van der Waals surface area (Å²) in [5.41, 5.74) is 1.62. The van der Waals surface area contributed by atoms with E-state index < -0.39 is 5.60 Å². The first kappa shape index (κ1) is 18.4. The van der Waals surface area contributed by atoms with Gasteiger partial charge in [0.05, 0.1) is 16.3 Å². The number of thioether (sulfide) groups is 2. The van der Waals surface area contributed by atoms with Gasteiger partial charge >= 0.3 is 0 Å². The van der Waals surface area contributed by atoms with E-state index in [0.29, 0.717) is 6.42 Å². The van der Waals surface area contributed by atoms with Gasteiger partial charge < -0.3 is 10.2 Å². The maximum Gasteiger partial charge on any atom is 0.0943 e. The molecule has 1 spiro atoms. The van der Waals surface area contributed by atoms with Crippen molar-refractivity contribution in [1.82, 2.24) is 0 Å². The minimum Gasteiger partial charge on any atom is -0.393 e. The third kappa shape index (κ3) is 4.34. The average Bonchev–Trinajstić information content (AvgIpc) is 2.50. The van der Waals surface area contributed by atoms with Crippen LogP contribution in [0.25, 0.3) is 0 Å². The summed E-state index contributed by atoms with van der Waals surface area (Å²) in [7, 11) is 0. The second kappa shape index (κ2) is 7.78. The van der Waals surface area contributed by atoms with Crippen LogP contribution >= 0.6 is 23.5 Å². The molecule has 2 nitrogen and oxygen atoms in total.